The molecule has 0 bridgehead atoms. The Kier molecular flexibility index (Phi) is 7.97. The van der Waals surface area contributed by atoms with Gasteiger partial charge in [0.05, 0.1) is 0 Å². The van der Waals surface area contributed by atoms with Gasteiger partial charge in [-0.3, -0.25) is 9.59 Å². The molecule has 0 unspecified atom stereocenters. The number of carbonyl (C=O) groups is 2. The van der Waals surface area contributed by atoms with Crippen LogP contribution in [0.1, 0.15) is 54.4 Å². The van der Waals surface area contributed by atoms with E-state index in [0.717, 1.165) is 37.7 Å². The van der Waals surface area contributed by atoms with Crippen molar-refractivity contribution < 1.29 is 14.0 Å². The lowest BCUT2D eigenvalue weighted by atomic mass is 9.88. The molecule has 3 rings (SSSR count). The number of nitrogens with zero attached hydrogens (tertiary/aromatic N) is 1. The van der Waals surface area contributed by atoms with Crippen LogP contribution >= 0.6 is 0 Å². The fraction of sp³-hybridized carbons (Fsp3) is 0.417. The van der Waals surface area contributed by atoms with Crippen molar-refractivity contribution in [1.29, 1.82) is 0 Å². The summed E-state index contributed by atoms with van der Waals surface area (Å²) in [6, 6.07) is 13.0. The molecule has 3 N–H and O–H groups in total. The smallest absolute Gasteiger partial charge is 0.255 e. The first-order valence-corrected chi connectivity index (χ1v) is 10.7. The van der Waals surface area contributed by atoms with Gasteiger partial charge in [0.1, 0.15) is 5.82 Å². The molecule has 2 aromatic rings. The molecule has 0 radical (unpaired) electrons. The molecule has 2 amide bonds. The minimum atomic E-state index is -0.446. The lowest BCUT2D eigenvalue weighted by Gasteiger charge is -2.29. The molecule has 1 fully saturated rings. The quantitative estimate of drug-likeness (QED) is 0.679. The van der Waals surface area contributed by atoms with Gasteiger partial charge in [-0.25, -0.2) is 4.39 Å². The molecular weight excluding hydrogens is 381 g/mol. The van der Waals surface area contributed by atoms with Crippen molar-refractivity contribution in [2.24, 2.45) is 11.7 Å². The molecule has 0 spiro atoms. The number of halogens is 1. The fourth-order valence-electron chi connectivity index (χ4n) is 3.90. The van der Waals surface area contributed by atoms with Crippen molar-refractivity contribution >= 4 is 17.5 Å². The van der Waals surface area contributed by atoms with Gasteiger partial charge >= 0.3 is 0 Å². The van der Waals surface area contributed by atoms with E-state index in [-0.39, 0.29) is 23.3 Å². The number of carbonyl (C=O) groups excluding carboxylic acids is 2. The van der Waals surface area contributed by atoms with Crippen LogP contribution in [0.3, 0.4) is 0 Å². The molecule has 5 nitrogen and oxygen atoms in total. The van der Waals surface area contributed by atoms with Gasteiger partial charge in [0.2, 0.25) is 5.91 Å². The van der Waals surface area contributed by atoms with Gasteiger partial charge in [-0.1, -0.05) is 37.5 Å². The first kappa shape index (κ1) is 22.0. The van der Waals surface area contributed by atoms with Gasteiger partial charge in [-0.15, -0.1) is 0 Å². The molecule has 160 valence electrons. The van der Waals surface area contributed by atoms with Crippen molar-refractivity contribution in [2.45, 2.75) is 45.1 Å². The summed E-state index contributed by atoms with van der Waals surface area (Å²) in [4.78, 5) is 27.2. The molecule has 0 aliphatic heterocycles. The van der Waals surface area contributed by atoms with Crippen molar-refractivity contribution in [3.8, 4) is 0 Å². The third-order valence-electron chi connectivity index (χ3n) is 5.57. The summed E-state index contributed by atoms with van der Waals surface area (Å²) in [6.07, 6.45) is 6.20. The molecule has 1 aliphatic rings. The van der Waals surface area contributed by atoms with Crippen molar-refractivity contribution in [1.82, 2.24) is 4.90 Å². The topological polar surface area (TPSA) is 75.4 Å². The zero-order chi connectivity index (χ0) is 21.3. The predicted octanol–water partition coefficient (Wildman–Crippen LogP) is 4.34. The summed E-state index contributed by atoms with van der Waals surface area (Å²) in [7, 11) is 0. The Morgan fingerprint density at radius 1 is 1.07 bits per heavy atom. The Bertz CT molecular complexity index is 848. The number of hydrogen-bond acceptors (Lipinski definition) is 3. The summed E-state index contributed by atoms with van der Waals surface area (Å²) in [6.45, 7) is 1.75. The Hall–Kier alpha value is -2.73. The first-order valence-electron chi connectivity index (χ1n) is 10.7. The average Bonchev–Trinajstić information content (AvgIpc) is 2.78. The lowest BCUT2D eigenvalue weighted by molar-refractivity contribution is -0.137. The maximum Gasteiger partial charge on any atom is 0.255 e. The molecule has 1 aliphatic carbocycles. The van der Waals surface area contributed by atoms with Crippen molar-refractivity contribution in [2.75, 3.05) is 18.4 Å². The van der Waals surface area contributed by atoms with Gasteiger partial charge in [-0.05, 0) is 61.7 Å². The van der Waals surface area contributed by atoms with Gasteiger partial charge < -0.3 is 16.0 Å². The van der Waals surface area contributed by atoms with Gasteiger partial charge in [0, 0.05) is 30.3 Å². The van der Waals surface area contributed by atoms with Crippen molar-refractivity contribution in [3.05, 3.63) is 65.5 Å². The Morgan fingerprint density at radius 2 is 1.80 bits per heavy atom. The van der Waals surface area contributed by atoms with E-state index in [9.17, 15) is 14.0 Å². The van der Waals surface area contributed by atoms with Crippen LogP contribution in [0.25, 0.3) is 0 Å². The average molecular weight is 412 g/mol. The molecule has 0 saturated heterocycles. The van der Waals surface area contributed by atoms with Crippen LogP contribution in [-0.4, -0.2) is 29.8 Å². The largest absolute Gasteiger partial charge is 0.338 e. The molecule has 0 aromatic heterocycles. The van der Waals surface area contributed by atoms with Gasteiger partial charge in [-0.2, -0.15) is 0 Å². The number of nitrogens with one attached hydrogen (secondary N) is 1. The molecule has 0 atom stereocenters. The van der Waals surface area contributed by atoms with Crippen LogP contribution in [0.5, 0.6) is 0 Å². The zero-order valence-corrected chi connectivity index (χ0v) is 17.3. The highest BCUT2D eigenvalue weighted by Crippen LogP contribution is 2.26. The number of amides is 2. The number of nitrogens with two attached hydrogens (primary N) is 1. The highest BCUT2D eigenvalue weighted by Gasteiger charge is 2.25. The van der Waals surface area contributed by atoms with Crippen LogP contribution in [0, 0.1) is 11.7 Å². The maximum absolute atomic E-state index is 13.3. The summed E-state index contributed by atoms with van der Waals surface area (Å²) in [5, 5.41) is 2.77. The molecular formula is C24H30FN3O2. The van der Waals surface area contributed by atoms with Crippen LogP contribution in [0.2, 0.25) is 0 Å². The maximum atomic E-state index is 13.3. The second-order valence-corrected chi connectivity index (χ2v) is 7.90. The van der Waals surface area contributed by atoms with E-state index in [4.69, 9.17) is 5.73 Å². The summed E-state index contributed by atoms with van der Waals surface area (Å²) >= 11 is 0. The number of benzene rings is 2. The van der Waals surface area contributed by atoms with Gasteiger partial charge in [0.15, 0.2) is 0 Å². The molecule has 6 heteroatoms. The zero-order valence-electron chi connectivity index (χ0n) is 17.3. The van der Waals surface area contributed by atoms with E-state index >= 15 is 0 Å². The van der Waals surface area contributed by atoms with E-state index in [0.29, 0.717) is 25.3 Å². The van der Waals surface area contributed by atoms with E-state index in [2.05, 4.69) is 5.32 Å². The monoisotopic (exact) mass is 411 g/mol. The molecule has 1 saturated carbocycles. The normalized spacial score (nSPS) is 14.3. The van der Waals surface area contributed by atoms with Crippen LogP contribution in [0.4, 0.5) is 10.1 Å². The van der Waals surface area contributed by atoms with E-state index in [1.807, 2.05) is 17.0 Å². The molecule has 30 heavy (non-hydrogen) atoms. The lowest BCUT2D eigenvalue weighted by Crippen LogP contribution is -2.37. The van der Waals surface area contributed by atoms with E-state index in [1.54, 1.807) is 18.2 Å². The predicted molar refractivity (Wildman–Crippen MR) is 116 cm³/mol. The summed E-state index contributed by atoms with van der Waals surface area (Å²) in [5.41, 5.74) is 7.56. The summed E-state index contributed by atoms with van der Waals surface area (Å²) in [5.74, 6) is -0.453. The van der Waals surface area contributed by atoms with E-state index in [1.165, 1.54) is 24.6 Å². The van der Waals surface area contributed by atoms with Crippen LogP contribution in [0.15, 0.2) is 48.5 Å². The third-order valence-corrected chi connectivity index (χ3v) is 5.57. The number of hydrogen-bond donors (Lipinski definition) is 2. The first-order chi connectivity index (χ1) is 14.6. The Morgan fingerprint density at radius 3 is 2.47 bits per heavy atom. The summed E-state index contributed by atoms with van der Waals surface area (Å²) < 4.78 is 13.3. The highest BCUT2D eigenvalue weighted by molar-refractivity contribution is 6.04. The molecule has 0 heterocycles. The number of rotatable bonds is 8. The minimum absolute atomic E-state index is 0.126. The molecule has 2 aromatic carbocycles. The van der Waals surface area contributed by atoms with Crippen LogP contribution in [-0.2, 0) is 11.3 Å². The SMILES string of the molecule is NCCCN(Cc1ccc(NC(=O)c2cccc(F)c2)cc1)C(=O)C1CCCCC1. The van der Waals surface area contributed by atoms with Crippen LogP contribution < -0.4 is 11.1 Å². The highest BCUT2D eigenvalue weighted by atomic mass is 19.1. The fourth-order valence-corrected chi connectivity index (χ4v) is 3.90. The standard InChI is InChI=1S/C24H30FN3O2/c25-21-9-4-8-20(16-21)23(29)27-22-12-10-18(11-13-22)17-28(15-5-14-26)24(30)19-6-2-1-3-7-19/h4,8-13,16,19H,1-3,5-7,14-15,17,26H2,(H,27,29). The Labute approximate surface area is 177 Å². The van der Waals surface area contributed by atoms with E-state index < -0.39 is 5.82 Å². The van der Waals surface area contributed by atoms with Gasteiger partial charge in [0.25, 0.3) is 5.91 Å². The third kappa shape index (κ3) is 6.13. The second kappa shape index (κ2) is 10.9. The number of anilines is 1. The Balaban J connectivity index is 1.62. The minimum Gasteiger partial charge on any atom is -0.338 e. The van der Waals surface area contributed by atoms with Crippen molar-refractivity contribution in [3.63, 3.8) is 0 Å². The second-order valence-electron chi connectivity index (χ2n) is 7.90.